The number of ether oxygens (including phenoxy) is 1. The van der Waals surface area contributed by atoms with Crippen molar-refractivity contribution in [2.24, 2.45) is 0 Å². The van der Waals surface area contributed by atoms with Gasteiger partial charge in [-0.05, 0) is 37.9 Å². The molecule has 7 heteroatoms. The summed E-state index contributed by atoms with van der Waals surface area (Å²) in [7, 11) is 0. The van der Waals surface area contributed by atoms with Gasteiger partial charge in [-0.1, -0.05) is 17.3 Å². The van der Waals surface area contributed by atoms with Crippen LogP contribution in [0.5, 0.6) is 0 Å². The molecule has 2 aromatic rings. The van der Waals surface area contributed by atoms with Crippen LogP contribution in [0.25, 0.3) is 11.0 Å². The number of fused-ring (bicyclic) bond motifs is 1. The van der Waals surface area contributed by atoms with Crippen molar-refractivity contribution in [3.8, 4) is 0 Å². The maximum atomic E-state index is 12.7. The Balaban J connectivity index is 1.34. The van der Waals surface area contributed by atoms with Gasteiger partial charge in [0.05, 0.1) is 11.6 Å². The van der Waals surface area contributed by atoms with E-state index >= 15 is 0 Å². The summed E-state index contributed by atoms with van der Waals surface area (Å²) in [4.78, 5) is 17.1. The molecule has 0 bridgehead atoms. The first-order valence-corrected chi connectivity index (χ1v) is 9.19. The molecule has 2 aliphatic heterocycles. The van der Waals surface area contributed by atoms with Gasteiger partial charge in [0.25, 0.3) is 0 Å². The van der Waals surface area contributed by atoms with Crippen LogP contribution in [0.15, 0.2) is 24.3 Å². The second-order valence-corrected chi connectivity index (χ2v) is 6.91. The molecule has 1 aromatic heterocycles. The van der Waals surface area contributed by atoms with E-state index in [1.54, 1.807) is 4.68 Å². The van der Waals surface area contributed by atoms with Gasteiger partial charge in [0.15, 0.2) is 0 Å². The van der Waals surface area contributed by atoms with Crippen molar-refractivity contribution in [3.63, 3.8) is 0 Å². The van der Waals surface area contributed by atoms with E-state index in [1.165, 1.54) is 12.8 Å². The van der Waals surface area contributed by atoms with Crippen LogP contribution in [0.1, 0.15) is 19.3 Å². The standard InChI is InChI=1S/C18H25N5O2/c24-18(14-23-17-7-2-1-6-16(17)19-20-23)22-9-4-8-21(10-11-22)13-15-5-3-12-25-15/h1-2,6-7,15H,3-5,8-14H2/t15-/m1/s1. The Hall–Kier alpha value is -1.99. The van der Waals surface area contributed by atoms with Crippen molar-refractivity contribution >= 4 is 16.9 Å². The van der Waals surface area contributed by atoms with Crippen molar-refractivity contribution in [2.75, 3.05) is 39.3 Å². The van der Waals surface area contributed by atoms with E-state index in [9.17, 15) is 4.79 Å². The maximum Gasteiger partial charge on any atom is 0.244 e. The molecule has 0 N–H and O–H groups in total. The highest BCUT2D eigenvalue weighted by Crippen LogP contribution is 2.15. The van der Waals surface area contributed by atoms with Crippen LogP contribution in [0.2, 0.25) is 0 Å². The smallest absolute Gasteiger partial charge is 0.244 e. The summed E-state index contributed by atoms with van der Waals surface area (Å²) in [5.74, 6) is 0.120. The second kappa shape index (κ2) is 7.49. The number of carbonyl (C=O) groups excluding carboxylic acids is 1. The number of hydrogen-bond donors (Lipinski definition) is 0. The Morgan fingerprint density at radius 2 is 2.08 bits per heavy atom. The van der Waals surface area contributed by atoms with Crippen LogP contribution in [-0.2, 0) is 16.1 Å². The molecule has 1 amide bonds. The summed E-state index contributed by atoms with van der Waals surface area (Å²) in [6, 6.07) is 7.74. The minimum absolute atomic E-state index is 0.120. The Bertz CT molecular complexity index is 725. The normalized spacial score (nSPS) is 22.4. The minimum atomic E-state index is 0.120. The predicted octanol–water partition coefficient (Wildman–Crippen LogP) is 1.14. The Morgan fingerprint density at radius 3 is 2.96 bits per heavy atom. The molecule has 0 aliphatic carbocycles. The lowest BCUT2D eigenvalue weighted by Gasteiger charge is -2.24. The Labute approximate surface area is 147 Å². The summed E-state index contributed by atoms with van der Waals surface area (Å²) < 4.78 is 7.44. The molecule has 134 valence electrons. The number of amides is 1. The number of benzene rings is 1. The largest absolute Gasteiger partial charge is 0.377 e. The molecule has 7 nitrogen and oxygen atoms in total. The summed E-state index contributed by atoms with van der Waals surface area (Å²) in [5.41, 5.74) is 1.74. The Morgan fingerprint density at radius 1 is 1.16 bits per heavy atom. The van der Waals surface area contributed by atoms with E-state index < -0.39 is 0 Å². The number of nitrogens with zero attached hydrogens (tertiary/aromatic N) is 5. The average molecular weight is 343 g/mol. The fourth-order valence-electron chi connectivity index (χ4n) is 3.74. The first kappa shape index (κ1) is 16.5. The van der Waals surface area contributed by atoms with E-state index in [1.807, 2.05) is 29.2 Å². The van der Waals surface area contributed by atoms with Crippen molar-refractivity contribution in [1.82, 2.24) is 24.8 Å². The van der Waals surface area contributed by atoms with Crippen molar-refractivity contribution in [2.45, 2.75) is 31.9 Å². The molecule has 2 saturated heterocycles. The van der Waals surface area contributed by atoms with E-state index in [-0.39, 0.29) is 12.5 Å². The third-order valence-corrected chi connectivity index (χ3v) is 5.13. The van der Waals surface area contributed by atoms with Crippen LogP contribution in [0.3, 0.4) is 0 Å². The molecule has 2 aliphatic rings. The fourth-order valence-corrected chi connectivity index (χ4v) is 3.74. The van der Waals surface area contributed by atoms with Crippen LogP contribution in [0.4, 0.5) is 0 Å². The topological polar surface area (TPSA) is 63.5 Å². The molecule has 25 heavy (non-hydrogen) atoms. The number of carbonyl (C=O) groups is 1. The molecular formula is C18H25N5O2. The van der Waals surface area contributed by atoms with Gasteiger partial charge in [0, 0.05) is 32.8 Å². The molecular weight excluding hydrogens is 318 g/mol. The second-order valence-electron chi connectivity index (χ2n) is 6.91. The summed E-state index contributed by atoms with van der Waals surface area (Å²) >= 11 is 0. The van der Waals surface area contributed by atoms with Crippen LogP contribution in [0, 0.1) is 0 Å². The maximum absolute atomic E-state index is 12.7. The van der Waals surface area contributed by atoms with E-state index in [4.69, 9.17) is 4.74 Å². The predicted molar refractivity (Wildman–Crippen MR) is 94.1 cm³/mol. The lowest BCUT2D eigenvalue weighted by Crippen LogP contribution is -2.38. The SMILES string of the molecule is O=C(Cn1nnc2ccccc21)N1CCCN(C[C@H]2CCCO2)CC1. The van der Waals surface area contributed by atoms with E-state index in [0.29, 0.717) is 6.10 Å². The molecule has 3 heterocycles. The molecule has 0 radical (unpaired) electrons. The minimum Gasteiger partial charge on any atom is -0.377 e. The number of hydrogen-bond acceptors (Lipinski definition) is 5. The number of para-hydroxylation sites is 1. The van der Waals surface area contributed by atoms with Gasteiger partial charge < -0.3 is 9.64 Å². The zero-order valence-corrected chi connectivity index (χ0v) is 14.5. The van der Waals surface area contributed by atoms with Crippen molar-refractivity contribution in [1.29, 1.82) is 0 Å². The number of aromatic nitrogens is 3. The van der Waals surface area contributed by atoms with Gasteiger partial charge in [-0.3, -0.25) is 9.69 Å². The van der Waals surface area contributed by atoms with Crippen LogP contribution in [-0.4, -0.2) is 76.1 Å². The third kappa shape index (κ3) is 3.82. The first-order valence-electron chi connectivity index (χ1n) is 9.19. The summed E-state index contributed by atoms with van der Waals surface area (Å²) in [5, 5.41) is 8.25. The Kier molecular flexibility index (Phi) is 4.94. The van der Waals surface area contributed by atoms with Gasteiger partial charge in [-0.25, -0.2) is 4.68 Å². The zero-order valence-electron chi connectivity index (χ0n) is 14.5. The average Bonchev–Trinajstić information content (AvgIpc) is 3.21. The van der Waals surface area contributed by atoms with Crippen molar-refractivity contribution in [3.05, 3.63) is 24.3 Å². The molecule has 0 saturated carbocycles. The first-order chi connectivity index (χ1) is 12.3. The monoisotopic (exact) mass is 343 g/mol. The van der Waals surface area contributed by atoms with Gasteiger partial charge in [0.2, 0.25) is 5.91 Å². The van der Waals surface area contributed by atoms with Crippen LogP contribution >= 0.6 is 0 Å². The summed E-state index contributed by atoms with van der Waals surface area (Å²) in [6.45, 7) is 5.70. The van der Waals surface area contributed by atoms with Gasteiger partial charge in [-0.2, -0.15) is 0 Å². The molecule has 1 aromatic carbocycles. The highest BCUT2D eigenvalue weighted by Gasteiger charge is 2.23. The molecule has 2 fully saturated rings. The van der Waals surface area contributed by atoms with Crippen molar-refractivity contribution < 1.29 is 9.53 Å². The van der Waals surface area contributed by atoms with E-state index in [2.05, 4.69) is 15.2 Å². The number of rotatable bonds is 4. The highest BCUT2D eigenvalue weighted by molar-refractivity contribution is 5.79. The molecule has 4 rings (SSSR count). The van der Waals surface area contributed by atoms with Gasteiger partial charge >= 0.3 is 0 Å². The highest BCUT2D eigenvalue weighted by atomic mass is 16.5. The van der Waals surface area contributed by atoms with Crippen LogP contribution < -0.4 is 0 Å². The van der Waals surface area contributed by atoms with E-state index in [0.717, 1.165) is 56.8 Å². The van der Waals surface area contributed by atoms with Gasteiger partial charge in [0.1, 0.15) is 12.1 Å². The third-order valence-electron chi connectivity index (χ3n) is 5.13. The molecule has 0 spiro atoms. The lowest BCUT2D eigenvalue weighted by molar-refractivity contribution is -0.131. The van der Waals surface area contributed by atoms with Gasteiger partial charge in [-0.15, -0.1) is 5.10 Å². The molecule has 0 unspecified atom stereocenters. The zero-order chi connectivity index (χ0) is 17.1. The lowest BCUT2D eigenvalue weighted by atomic mass is 10.2. The molecule has 1 atom stereocenters. The summed E-state index contributed by atoms with van der Waals surface area (Å²) in [6.07, 6.45) is 3.73. The quantitative estimate of drug-likeness (QED) is 0.833. The fraction of sp³-hybridized carbons (Fsp3) is 0.611.